The van der Waals surface area contributed by atoms with Crippen molar-refractivity contribution in [3.05, 3.63) is 12.4 Å². The minimum atomic E-state index is 0.549. The smallest absolute Gasteiger partial charge is 0.205 e. The molecular formula is C20H31N5O3. The standard InChI is InChI=1S/C20H31N5O3/c1-23(2)7-6-8-24-9-11-25(12-10-24)20-15-13-16(26-3)18(27-4)19(28-5)17(15)21-14-22-20/h13-14H,6-12H2,1-5H3. The van der Waals surface area contributed by atoms with Gasteiger partial charge >= 0.3 is 0 Å². The molecule has 1 aromatic carbocycles. The maximum absolute atomic E-state index is 5.59. The second-order valence-corrected chi connectivity index (χ2v) is 7.22. The molecule has 1 saturated heterocycles. The van der Waals surface area contributed by atoms with E-state index in [0.717, 1.165) is 56.0 Å². The van der Waals surface area contributed by atoms with E-state index in [-0.39, 0.29) is 0 Å². The summed E-state index contributed by atoms with van der Waals surface area (Å²) in [6.45, 7) is 6.19. The maximum atomic E-state index is 5.59. The third-order valence-electron chi connectivity index (χ3n) is 5.16. The maximum Gasteiger partial charge on any atom is 0.205 e. The lowest BCUT2D eigenvalue weighted by Gasteiger charge is -2.36. The molecule has 0 unspecified atom stereocenters. The Balaban J connectivity index is 1.82. The molecule has 1 aliphatic rings. The van der Waals surface area contributed by atoms with E-state index in [4.69, 9.17) is 14.2 Å². The lowest BCUT2D eigenvalue weighted by atomic mass is 10.1. The van der Waals surface area contributed by atoms with Gasteiger partial charge in [-0.05, 0) is 39.7 Å². The van der Waals surface area contributed by atoms with Gasteiger partial charge in [-0.15, -0.1) is 0 Å². The van der Waals surface area contributed by atoms with Crippen LogP contribution in [0.3, 0.4) is 0 Å². The number of aromatic nitrogens is 2. The summed E-state index contributed by atoms with van der Waals surface area (Å²) in [5, 5.41) is 0.915. The summed E-state index contributed by atoms with van der Waals surface area (Å²) in [5.41, 5.74) is 0.735. The van der Waals surface area contributed by atoms with Crippen molar-refractivity contribution in [1.82, 2.24) is 19.8 Å². The summed E-state index contributed by atoms with van der Waals surface area (Å²) in [4.78, 5) is 16.1. The van der Waals surface area contributed by atoms with Crippen LogP contribution in [-0.4, -0.2) is 94.5 Å². The van der Waals surface area contributed by atoms with Crippen molar-refractivity contribution in [3.8, 4) is 17.2 Å². The van der Waals surface area contributed by atoms with Crippen LogP contribution in [-0.2, 0) is 0 Å². The number of piperazine rings is 1. The van der Waals surface area contributed by atoms with Crippen molar-refractivity contribution in [2.24, 2.45) is 0 Å². The molecule has 0 N–H and O–H groups in total. The van der Waals surface area contributed by atoms with E-state index < -0.39 is 0 Å². The highest BCUT2D eigenvalue weighted by Crippen LogP contribution is 2.44. The van der Waals surface area contributed by atoms with E-state index in [0.29, 0.717) is 17.2 Å². The first-order valence-corrected chi connectivity index (χ1v) is 9.64. The second-order valence-electron chi connectivity index (χ2n) is 7.22. The largest absolute Gasteiger partial charge is 0.493 e. The quantitative estimate of drug-likeness (QED) is 0.676. The fraction of sp³-hybridized carbons (Fsp3) is 0.600. The van der Waals surface area contributed by atoms with Crippen LogP contribution >= 0.6 is 0 Å². The number of nitrogens with zero attached hydrogens (tertiary/aromatic N) is 5. The lowest BCUT2D eigenvalue weighted by Crippen LogP contribution is -2.47. The van der Waals surface area contributed by atoms with Crippen molar-refractivity contribution in [3.63, 3.8) is 0 Å². The summed E-state index contributed by atoms with van der Waals surface area (Å²) in [5.74, 6) is 2.65. The van der Waals surface area contributed by atoms with Gasteiger partial charge in [0, 0.05) is 26.2 Å². The highest BCUT2D eigenvalue weighted by Gasteiger charge is 2.24. The zero-order chi connectivity index (χ0) is 20.1. The van der Waals surface area contributed by atoms with E-state index in [1.165, 1.54) is 6.42 Å². The Morgan fingerprint density at radius 3 is 2.29 bits per heavy atom. The van der Waals surface area contributed by atoms with Gasteiger partial charge in [-0.25, -0.2) is 9.97 Å². The monoisotopic (exact) mass is 389 g/mol. The van der Waals surface area contributed by atoms with Crippen LogP contribution < -0.4 is 19.1 Å². The molecule has 8 heteroatoms. The zero-order valence-corrected chi connectivity index (χ0v) is 17.6. The van der Waals surface area contributed by atoms with Crippen molar-refractivity contribution >= 4 is 16.7 Å². The number of benzene rings is 1. The van der Waals surface area contributed by atoms with Crippen LogP contribution in [0, 0.1) is 0 Å². The molecule has 8 nitrogen and oxygen atoms in total. The SMILES string of the molecule is COc1cc2c(N3CCN(CCCN(C)C)CC3)ncnc2c(OC)c1OC. The fourth-order valence-electron chi connectivity index (χ4n) is 3.70. The number of ether oxygens (including phenoxy) is 3. The molecule has 0 amide bonds. The Labute approximate surface area is 167 Å². The highest BCUT2D eigenvalue weighted by molar-refractivity contribution is 5.97. The molecule has 1 aliphatic heterocycles. The summed E-state index contributed by atoms with van der Waals surface area (Å²) in [7, 11) is 9.08. The van der Waals surface area contributed by atoms with Gasteiger partial charge in [0.1, 0.15) is 17.7 Å². The van der Waals surface area contributed by atoms with Crippen LogP contribution in [0.15, 0.2) is 12.4 Å². The van der Waals surface area contributed by atoms with Gasteiger partial charge in [0.25, 0.3) is 0 Å². The molecule has 0 aliphatic carbocycles. The van der Waals surface area contributed by atoms with Crippen molar-refractivity contribution in [2.75, 3.05) is 79.6 Å². The number of fused-ring (bicyclic) bond motifs is 1. The Morgan fingerprint density at radius 2 is 1.68 bits per heavy atom. The number of rotatable bonds is 8. The minimum absolute atomic E-state index is 0.549. The summed E-state index contributed by atoms with van der Waals surface area (Å²) < 4.78 is 16.6. The van der Waals surface area contributed by atoms with Gasteiger partial charge in [-0.1, -0.05) is 0 Å². The lowest BCUT2D eigenvalue weighted by molar-refractivity contribution is 0.242. The summed E-state index contributed by atoms with van der Waals surface area (Å²) >= 11 is 0. The Morgan fingerprint density at radius 1 is 0.964 bits per heavy atom. The van der Waals surface area contributed by atoms with Crippen LogP contribution in [0.5, 0.6) is 17.2 Å². The molecule has 0 radical (unpaired) electrons. The van der Waals surface area contributed by atoms with Crippen LogP contribution in [0.2, 0.25) is 0 Å². The van der Waals surface area contributed by atoms with Gasteiger partial charge < -0.3 is 24.0 Å². The van der Waals surface area contributed by atoms with E-state index in [9.17, 15) is 0 Å². The molecule has 28 heavy (non-hydrogen) atoms. The number of hydrogen-bond donors (Lipinski definition) is 0. The van der Waals surface area contributed by atoms with Crippen molar-refractivity contribution in [1.29, 1.82) is 0 Å². The molecule has 0 spiro atoms. The fourth-order valence-corrected chi connectivity index (χ4v) is 3.70. The molecule has 3 rings (SSSR count). The highest BCUT2D eigenvalue weighted by atomic mass is 16.5. The van der Waals surface area contributed by atoms with Gasteiger partial charge in [-0.2, -0.15) is 0 Å². The zero-order valence-electron chi connectivity index (χ0n) is 17.6. The normalized spacial score (nSPS) is 15.3. The molecule has 2 aromatic rings. The van der Waals surface area contributed by atoms with Gasteiger partial charge in [0.05, 0.1) is 26.7 Å². The molecular weight excluding hydrogens is 358 g/mol. The Hall–Kier alpha value is -2.32. The topological polar surface area (TPSA) is 63.2 Å². The number of methoxy groups -OCH3 is 3. The molecule has 0 atom stereocenters. The minimum Gasteiger partial charge on any atom is -0.493 e. The van der Waals surface area contributed by atoms with Gasteiger partial charge in [0.2, 0.25) is 5.75 Å². The second kappa shape index (κ2) is 9.25. The van der Waals surface area contributed by atoms with Crippen molar-refractivity contribution < 1.29 is 14.2 Å². The van der Waals surface area contributed by atoms with Gasteiger partial charge in [-0.3, -0.25) is 4.90 Å². The Bertz CT molecular complexity index is 791. The first kappa shape index (κ1) is 20.4. The van der Waals surface area contributed by atoms with Crippen molar-refractivity contribution in [2.45, 2.75) is 6.42 Å². The molecule has 1 fully saturated rings. The molecule has 2 heterocycles. The summed E-state index contributed by atoms with van der Waals surface area (Å²) in [6, 6.07) is 1.94. The van der Waals surface area contributed by atoms with E-state index >= 15 is 0 Å². The number of hydrogen-bond acceptors (Lipinski definition) is 8. The summed E-state index contributed by atoms with van der Waals surface area (Å²) in [6.07, 6.45) is 2.78. The number of anilines is 1. The first-order chi connectivity index (χ1) is 13.6. The molecule has 1 aromatic heterocycles. The van der Waals surface area contributed by atoms with Crippen LogP contribution in [0.4, 0.5) is 5.82 Å². The van der Waals surface area contributed by atoms with E-state index in [1.807, 2.05) is 6.07 Å². The third kappa shape index (κ3) is 4.23. The Kier molecular flexibility index (Phi) is 6.74. The predicted molar refractivity (Wildman–Crippen MR) is 111 cm³/mol. The van der Waals surface area contributed by atoms with Crippen LogP contribution in [0.1, 0.15) is 6.42 Å². The average molecular weight is 390 g/mol. The van der Waals surface area contributed by atoms with E-state index in [2.05, 4.69) is 38.8 Å². The predicted octanol–water partition coefficient (Wildman–Crippen LogP) is 1.73. The van der Waals surface area contributed by atoms with Crippen LogP contribution in [0.25, 0.3) is 10.9 Å². The average Bonchev–Trinajstić information content (AvgIpc) is 2.72. The molecule has 154 valence electrons. The first-order valence-electron chi connectivity index (χ1n) is 9.64. The van der Waals surface area contributed by atoms with Gasteiger partial charge in [0.15, 0.2) is 11.5 Å². The third-order valence-corrected chi connectivity index (χ3v) is 5.16. The van der Waals surface area contributed by atoms with E-state index in [1.54, 1.807) is 27.7 Å². The molecule has 0 bridgehead atoms. The molecule has 0 saturated carbocycles.